The Balaban J connectivity index is 2.10. The number of carbonyl (C=O) groups is 1. The molecule has 1 unspecified atom stereocenters. The Labute approximate surface area is 160 Å². The standard InChI is InChI=1S/C24H24NO2/c1-5-24(27-18(3)16-17(2)26)21-12-8-7-11-20(21)23-15-14-19-10-6-9-13-22(19)25(23)4/h5-16,24H,1H2,2-4H3/q+1/b18-16-. The van der Waals surface area contributed by atoms with Crippen LogP contribution in [0.4, 0.5) is 0 Å². The second-order valence-electron chi connectivity index (χ2n) is 6.56. The molecule has 3 aromatic rings. The number of hydrogen-bond acceptors (Lipinski definition) is 2. The van der Waals surface area contributed by atoms with Gasteiger partial charge in [0.25, 0.3) is 0 Å². The molecule has 0 bridgehead atoms. The molecule has 0 saturated heterocycles. The molecular formula is C24H24NO2+. The van der Waals surface area contributed by atoms with E-state index in [1.54, 1.807) is 13.0 Å². The number of ether oxygens (including phenoxy) is 1. The lowest BCUT2D eigenvalue weighted by molar-refractivity contribution is -0.633. The lowest BCUT2D eigenvalue weighted by atomic mass is 9.98. The highest BCUT2D eigenvalue weighted by atomic mass is 16.5. The van der Waals surface area contributed by atoms with Crippen LogP contribution in [-0.2, 0) is 16.6 Å². The molecular weight excluding hydrogens is 334 g/mol. The van der Waals surface area contributed by atoms with Crippen molar-refractivity contribution in [2.24, 2.45) is 7.05 Å². The van der Waals surface area contributed by atoms with Gasteiger partial charge >= 0.3 is 0 Å². The average Bonchev–Trinajstić information content (AvgIpc) is 2.66. The Morgan fingerprint density at radius 2 is 1.74 bits per heavy atom. The summed E-state index contributed by atoms with van der Waals surface area (Å²) in [6.45, 7) is 7.23. The van der Waals surface area contributed by atoms with Crippen LogP contribution in [0.3, 0.4) is 0 Å². The summed E-state index contributed by atoms with van der Waals surface area (Å²) in [6, 6.07) is 20.7. The number of rotatable bonds is 6. The zero-order chi connectivity index (χ0) is 19.4. The minimum Gasteiger partial charge on any atom is -0.486 e. The van der Waals surface area contributed by atoms with Gasteiger partial charge in [-0.15, -0.1) is 0 Å². The van der Waals surface area contributed by atoms with Crippen molar-refractivity contribution in [3.63, 3.8) is 0 Å². The van der Waals surface area contributed by atoms with Gasteiger partial charge in [-0.05, 0) is 38.1 Å². The minimum absolute atomic E-state index is 0.0375. The van der Waals surface area contributed by atoms with Crippen LogP contribution in [0.5, 0.6) is 0 Å². The number of ketones is 1. The van der Waals surface area contributed by atoms with Gasteiger partial charge in [0.15, 0.2) is 5.78 Å². The molecule has 2 aromatic carbocycles. The molecule has 27 heavy (non-hydrogen) atoms. The summed E-state index contributed by atoms with van der Waals surface area (Å²) in [5, 5.41) is 1.19. The number of hydrogen-bond donors (Lipinski definition) is 0. The second-order valence-corrected chi connectivity index (χ2v) is 6.56. The maximum atomic E-state index is 11.3. The smallest absolute Gasteiger partial charge is 0.213 e. The van der Waals surface area contributed by atoms with Crippen LogP contribution < -0.4 is 4.57 Å². The van der Waals surface area contributed by atoms with Crippen molar-refractivity contribution in [3.8, 4) is 11.3 Å². The molecule has 0 aliphatic carbocycles. The third kappa shape index (κ3) is 3.98. The first-order chi connectivity index (χ1) is 13.0. The number of nitrogens with zero attached hydrogens (tertiary/aromatic N) is 1. The molecule has 3 rings (SSSR count). The summed E-state index contributed by atoms with van der Waals surface area (Å²) in [7, 11) is 2.07. The number of benzene rings is 2. The molecule has 0 radical (unpaired) electrons. The molecule has 3 nitrogen and oxygen atoms in total. The topological polar surface area (TPSA) is 30.2 Å². The van der Waals surface area contributed by atoms with Crippen LogP contribution in [0.25, 0.3) is 22.2 Å². The highest BCUT2D eigenvalue weighted by molar-refractivity contribution is 5.87. The molecule has 1 atom stereocenters. The molecule has 0 aliphatic heterocycles. The quantitative estimate of drug-likeness (QED) is 0.267. The monoisotopic (exact) mass is 358 g/mol. The fraction of sp³-hybridized carbons (Fsp3) is 0.167. The lowest BCUT2D eigenvalue weighted by Gasteiger charge is -2.19. The van der Waals surface area contributed by atoms with Crippen molar-refractivity contribution in [1.29, 1.82) is 0 Å². The van der Waals surface area contributed by atoms with E-state index in [9.17, 15) is 4.79 Å². The van der Waals surface area contributed by atoms with Crippen molar-refractivity contribution < 1.29 is 14.1 Å². The van der Waals surface area contributed by atoms with Gasteiger partial charge in [0.05, 0.1) is 11.3 Å². The highest BCUT2D eigenvalue weighted by Gasteiger charge is 2.21. The highest BCUT2D eigenvalue weighted by Crippen LogP contribution is 2.31. The Hall–Kier alpha value is -3.20. The average molecular weight is 358 g/mol. The first-order valence-corrected chi connectivity index (χ1v) is 8.96. The lowest BCUT2D eigenvalue weighted by Crippen LogP contribution is -2.32. The van der Waals surface area contributed by atoms with Crippen LogP contribution >= 0.6 is 0 Å². The van der Waals surface area contributed by atoms with Gasteiger partial charge in [-0.1, -0.05) is 36.9 Å². The Kier molecular flexibility index (Phi) is 5.51. The summed E-state index contributed by atoms with van der Waals surface area (Å²) < 4.78 is 8.19. The fourth-order valence-electron chi connectivity index (χ4n) is 3.35. The normalized spacial score (nSPS) is 12.6. The van der Waals surface area contributed by atoms with E-state index in [0.717, 1.165) is 22.3 Å². The van der Waals surface area contributed by atoms with Gasteiger partial charge in [0, 0.05) is 29.2 Å². The maximum Gasteiger partial charge on any atom is 0.213 e. The minimum atomic E-state index is -0.344. The van der Waals surface area contributed by atoms with E-state index in [0.29, 0.717) is 5.76 Å². The van der Waals surface area contributed by atoms with Crippen LogP contribution in [0.1, 0.15) is 25.5 Å². The Morgan fingerprint density at radius 3 is 2.48 bits per heavy atom. The predicted molar refractivity (Wildman–Crippen MR) is 109 cm³/mol. The summed E-state index contributed by atoms with van der Waals surface area (Å²) in [5.41, 5.74) is 4.34. The second kappa shape index (κ2) is 8.00. The summed E-state index contributed by atoms with van der Waals surface area (Å²) in [6.07, 6.45) is 2.91. The van der Waals surface area contributed by atoms with Crippen LogP contribution in [0.2, 0.25) is 0 Å². The number of aromatic nitrogens is 1. The molecule has 0 saturated carbocycles. The van der Waals surface area contributed by atoms with E-state index >= 15 is 0 Å². The van der Waals surface area contributed by atoms with Crippen molar-refractivity contribution in [1.82, 2.24) is 0 Å². The number of aryl methyl sites for hydroxylation is 1. The van der Waals surface area contributed by atoms with Crippen LogP contribution in [-0.4, -0.2) is 5.78 Å². The fourth-order valence-corrected chi connectivity index (χ4v) is 3.35. The zero-order valence-corrected chi connectivity index (χ0v) is 16.0. The van der Waals surface area contributed by atoms with E-state index in [2.05, 4.69) is 48.5 Å². The third-order valence-corrected chi connectivity index (χ3v) is 4.56. The molecule has 1 aromatic heterocycles. The summed E-state index contributed by atoms with van der Waals surface area (Å²) >= 11 is 0. The SMILES string of the molecule is C=CC(O/C(C)=C\C(C)=O)c1ccccc1-c1ccc2ccccc2[n+]1C. The number of allylic oxidation sites excluding steroid dienone is 2. The molecule has 0 spiro atoms. The first kappa shape index (κ1) is 18.6. The summed E-state index contributed by atoms with van der Waals surface area (Å²) in [5.74, 6) is 0.537. The van der Waals surface area contributed by atoms with Gasteiger partial charge in [-0.3, -0.25) is 4.79 Å². The molecule has 0 fully saturated rings. The van der Waals surface area contributed by atoms with E-state index in [-0.39, 0.29) is 11.9 Å². The van der Waals surface area contributed by atoms with E-state index < -0.39 is 0 Å². The Bertz CT molecular complexity index is 1030. The van der Waals surface area contributed by atoms with Gasteiger partial charge in [-0.25, -0.2) is 0 Å². The van der Waals surface area contributed by atoms with Crippen molar-refractivity contribution in [2.75, 3.05) is 0 Å². The molecule has 136 valence electrons. The molecule has 0 aliphatic rings. The number of carbonyl (C=O) groups excluding carboxylic acids is 1. The van der Waals surface area contributed by atoms with E-state index in [1.165, 1.54) is 18.4 Å². The number of fused-ring (bicyclic) bond motifs is 1. The van der Waals surface area contributed by atoms with Gasteiger partial charge in [-0.2, -0.15) is 4.57 Å². The maximum absolute atomic E-state index is 11.3. The van der Waals surface area contributed by atoms with Crippen molar-refractivity contribution >= 4 is 16.7 Å². The summed E-state index contributed by atoms with van der Waals surface area (Å²) in [4.78, 5) is 11.3. The first-order valence-electron chi connectivity index (χ1n) is 8.96. The van der Waals surface area contributed by atoms with E-state index in [4.69, 9.17) is 4.74 Å². The van der Waals surface area contributed by atoms with E-state index in [1.807, 2.05) is 30.3 Å². The number of para-hydroxylation sites is 1. The van der Waals surface area contributed by atoms with Crippen molar-refractivity contribution in [2.45, 2.75) is 20.0 Å². The molecule has 0 amide bonds. The van der Waals surface area contributed by atoms with Gasteiger partial charge in [0.2, 0.25) is 11.2 Å². The Morgan fingerprint density at radius 1 is 1.04 bits per heavy atom. The third-order valence-electron chi connectivity index (χ3n) is 4.56. The van der Waals surface area contributed by atoms with Gasteiger partial charge < -0.3 is 4.74 Å². The molecule has 3 heteroatoms. The molecule has 1 heterocycles. The van der Waals surface area contributed by atoms with Crippen molar-refractivity contribution in [3.05, 3.63) is 90.7 Å². The largest absolute Gasteiger partial charge is 0.486 e. The number of pyridine rings is 1. The zero-order valence-electron chi connectivity index (χ0n) is 16.0. The van der Waals surface area contributed by atoms with Crippen LogP contribution in [0.15, 0.2) is 85.2 Å². The molecule has 0 N–H and O–H groups in total. The van der Waals surface area contributed by atoms with Crippen LogP contribution in [0, 0.1) is 0 Å². The van der Waals surface area contributed by atoms with Gasteiger partial charge in [0.1, 0.15) is 13.2 Å². The predicted octanol–water partition coefficient (Wildman–Crippen LogP) is 5.07.